The summed E-state index contributed by atoms with van der Waals surface area (Å²) in [5.74, 6) is 0.499. The van der Waals surface area contributed by atoms with E-state index in [-0.39, 0.29) is 11.9 Å². The summed E-state index contributed by atoms with van der Waals surface area (Å²) in [7, 11) is 2.85. The van der Waals surface area contributed by atoms with Gasteiger partial charge >= 0.3 is 11.9 Å². The Kier molecular flexibility index (Phi) is 8.76. The van der Waals surface area contributed by atoms with Crippen LogP contribution >= 0.6 is 0 Å². The van der Waals surface area contributed by atoms with Gasteiger partial charge in [-0.05, 0) is 44.4 Å². The van der Waals surface area contributed by atoms with Crippen molar-refractivity contribution >= 4 is 17.9 Å². The zero-order valence-corrected chi connectivity index (χ0v) is 17.7. The highest BCUT2D eigenvalue weighted by molar-refractivity contribution is 5.92. The number of methoxy groups -OCH3 is 2. The second-order valence-electron chi connectivity index (χ2n) is 6.73. The SMILES string of the molecule is CCNC(=NCc1ccc(C(=O)OC)c(OC)c1)N1CCC[C@@H](C(=O)OCC)C1. The summed E-state index contributed by atoms with van der Waals surface area (Å²) >= 11 is 0. The maximum Gasteiger partial charge on any atom is 0.341 e. The second kappa shape index (κ2) is 11.3. The van der Waals surface area contributed by atoms with E-state index in [0.29, 0.717) is 31.0 Å². The zero-order valence-electron chi connectivity index (χ0n) is 17.7. The molecule has 1 heterocycles. The number of carbonyl (C=O) groups excluding carboxylic acids is 2. The standard InChI is InChI=1S/C21H31N3O5/c1-5-22-21(24-11-7-8-16(14-24)19(25)29-6-2)23-13-15-9-10-17(20(26)28-4)18(12-15)27-3/h9-10,12,16H,5-8,11,13-14H2,1-4H3,(H,22,23)/t16-/m1/s1. The molecule has 0 radical (unpaired) electrons. The molecule has 0 spiro atoms. The number of guanidine groups is 1. The maximum absolute atomic E-state index is 12.1. The van der Waals surface area contributed by atoms with Gasteiger partial charge in [-0.2, -0.15) is 0 Å². The Morgan fingerprint density at radius 2 is 2.07 bits per heavy atom. The Bertz CT molecular complexity index is 735. The Balaban J connectivity index is 2.14. The lowest BCUT2D eigenvalue weighted by Gasteiger charge is -2.34. The first-order valence-electron chi connectivity index (χ1n) is 9.99. The molecule has 1 aliphatic heterocycles. The minimum absolute atomic E-state index is 0.132. The largest absolute Gasteiger partial charge is 0.496 e. The summed E-state index contributed by atoms with van der Waals surface area (Å²) in [6, 6.07) is 5.30. The van der Waals surface area contributed by atoms with Crippen molar-refractivity contribution in [2.45, 2.75) is 33.2 Å². The van der Waals surface area contributed by atoms with Crippen molar-refractivity contribution in [1.82, 2.24) is 10.2 Å². The van der Waals surface area contributed by atoms with Gasteiger partial charge in [0, 0.05) is 19.6 Å². The predicted molar refractivity (Wildman–Crippen MR) is 110 cm³/mol. The van der Waals surface area contributed by atoms with Crippen LogP contribution in [0.4, 0.5) is 0 Å². The van der Waals surface area contributed by atoms with Crippen molar-refractivity contribution in [3.8, 4) is 5.75 Å². The van der Waals surface area contributed by atoms with Gasteiger partial charge in [0.1, 0.15) is 11.3 Å². The minimum atomic E-state index is -0.441. The van der Waals surface area contributed by atoms with Crippen LogP contribution in [0.3, 0.4) is 0 Å². The van der Waals surface area contributed by atoms with Crippen LogP contribution in [0, 0.1) is 5.92 Å². The van der Waals surface area contributed by atoms with Gasteiger partial charge in [0.25, 0.3) is 0 Å². The van der Waals surface area contributed by atoms with E-state index in [1.807, 2.05) is 19.9 Å². The highest BCUT2D eigenvalue weighted by atomic mass is 16.5. The minimum Gasteiger partial charge on any atom is -0.496 e. The molecule has 1 fully saturated rings. The molecule has 1 aromatic rings. The fourth-order valence-corrected chi connectivity index (χ4v) is 3.33. The third kappa shape index (κ3) is 6.10. The molecule has 1 aromatic carbocycles. The fourth-order valence-electron chi connectivity index (χ4n) is 3.33. The lowest BCUT2D eigenvalue weighted by molar-refractivity contribution is -0.149. The molecule has 0 saturated carbocycles. The molecule has 0 unspecified atom stereocenters. The van der Waals surface area contributed by atoms with Crippen molar-refractivity contribution in [1.29, 1.82) is 0 Å². The summed E-state index contributed by atoms with van der Waals surface area (Å²) in [6.07, 6.45) is 1.75. The molecule has 0 aliphatic carbocycles. The number of esters is 2. The van der Waals surface area contributed by atoms with Crippen LogP contribution in [-0.4, -0.2) is 63.3 Å². The Labute approximate surface area is 172 Å². The van der Waals surface area contributed by atoms with Crippen LogP contribution in [0.25, 0.3) is 0 Å². The average Bonchev–Trinajstić information content (AvgIpc) is 2.76. The van der Waals surface area contributed by atoms with Crippen LogP contribution in [0.5, 0.6) is 5.75 Å². The molecule has 1 atom stereocenters. The molecule has 8 heteroatoms. The first kappa shape index (κ1) is 22.5. The van der Waals surface area contributed by atoms with Gasteiger partial charge in [-0.3, -0.25) is 4.79 Å². The Morgan fingerprint density at radius 3 is 2.72 bits per heavy atom. The van der Waals surface area contributed by atoms with Crippen molar-refractivity contribution < 1.29 is 23.8 Å². The third-order valence-corrected chi connectivity index (χ3v) is 4.76. The Hall–Kier alpha value is -2.77. The lowest BCUT2D eigenvalue weighted by atomic mass is 9.98. The highest BCUT2D eigenvalue weighted by Crippen LogP contribution is 2.22. The number of hydrogen-bond acceptors (Lipinski definition) is 6. The topological polar surface area (TPSA) is 89.5 Å². The van der Waals surface area contributed by atoms with E-state index in [4.69, 9.17) is 19.2 Å². The molecular formula is C21H31N3O5. The zero-order chi connectivity index (χ0) is 21.2. The lowest BCUT2D eigenvalue weighted by Crippen LogP contribution is -2.48. The van der Waals surface area contributed by atoms with E-state index in [9.17, 15) is 9.59 Å². The van der Waals surface area contributed by atoms with Crippen LogP contribution in [-0.2, 0) is 20.8 Å². The molecule has 160 valence electrons. The van der Waals surface area contributed by atoms with Crippen LogP contribution in [0.2, 0.25) is 0 Å². The van der Waals surface area contributed by atoms with E-state index in [1.165, 1.54) is 14.2 Å². The molecule has 0 aromatic heterocycles. The monoisotopic (exact) mass is 405 g/mol. The van der Waals surface area contributed by atoms with Gasteiger partial charge in [-0.1, -0.05) is 6.07 Å². The van der Waals surface area contributed by atoms with Gasteiger partial charge in [-0.15, -0.1) is 0 Å². The normalized spacial score (nSPS) is 16.9. The Morgan fingerprint density at radius 1 is 1.28 bits per heavy atom. The van der Waals surface area contributed by atoms with E-state index < -0.39 is 5.97 Å². The smallest absolute Gasteiger partial charge is 0.341 e. The molecule has 8 nitrogen and oxygen atoms in total. The highest BCUT2D eigenvalue weighted by Gasteiger charge is 2.28. The van der Waals surface area contributed by atoms with Crippen molar-refractivity contribution in [2.75, 3.05) is 40.5 Å². The second-order valence-corrected chi connectivity index (χ2v) is 6.73. The number of nitrogens with one attached hydrogen (secondary N) is 1. The summed E-state index contributed by atoms with van der Waals surface area (Å²) in [4.78, 5) is 30.8. The van der Waals surface area contributed by atoms with E-state index in [2.05, 4.69) is 10.2 Å². The molecule has 0 bridgehead atoms. The van der Waals surface area contributed by atoms with Gasteiger partial charge in [0.15, 0.2) is 5.96 Å². The van der Waals surface area contributed by atoms with Crippen LogP contribution in [0.15, 0.2) is 23.2 Å². The number of benzene rings is 1. The summed E-state index contributed by atoms with van der Waals surface area (Å²) in [6.45, 7) is 6.81. The first-order valence-corrected chi connectivity index (χ1v) is 9.99. The number of carbonyl (C=O) groups is 2. The summed E-state index contributed by atoms with van der Waals surface area (Å²) in [5.41, 5.74) is 1.28. The fraction of sp³-hybridized carbons (Fsp3) is 0.571. The van der Waals surface area contributed by atoms with E-state index in [1.54, 1.807) is 12.1 Å². The molecule has 1 aliphatic rings. The van der Waals surface area contributed by atoms with Gasteiger partial charge in [0.2, 0.25) is 0 Å². The number of rotatable bonds is 7. The van der Waals surface area contributed by atoms with E-state index >= 15 is 0 Å². The summed E-state index contributed by atoms with van der Waals surface area (Å²) in [5, 5.41) is 3.30. The molecule has 0 amide bonds. The van der Waals surface area contributed by atoms with Gasteiger partial charge in [0.05, 0.1) is 33.3 Å². The van der Waals surface area contributed by atoms with Crippen LogP contribution < -0.4 is 10.1 Å². The van der Waals surface area contributed by atoms with Crippen molar-refractivity contribution in [2.24, 2.45) is 10.9 Å². The number of piperidine rings is 1. The average molecular weight is 405 g/mol. The quantitative estimate of drug-likeness (QED) is 0.423. The van der Waals surface area contributed by atoms with Gasteiger partial charge < -0.3 is 24.4 Å². The molecule has 1 saturated heterocycles. The predicted octanol–water partition coefficient (Wildman–Crippen LogP) is 2.22. The maximum atomic E-state index is 12.1. The number of hydrogen-bond donors (Lipinski definition) is 1. The van der Waals surface area contributed by atoms with Crippen LogP contribution in [0.1, 0.15) is 42.6 Å². The van der Waals surface area contributed by atoms with Crippen molar-refractivity contribution in [3.63, 3.8) is 0 Å². The van der Waals surface area contributed by atoms with Crippen molar-refractivity contribution in [3.05, 3.63) is 29.3 Å². The number of ether oxygens (including phenoxy) is 3. The molecular weight excluding hydrogens is 374 g/mol. The number of nitrogens with zero attached hydrogens (tertiary/aromatic N) is 2. The summed E-state index contributed by atoms with van der Waals surface area (Å²) < 4.78 is 15.3. The molecule has 1 N–H and O–H groups in total. The van der Waals surface area contributed by atoms with E-state index in [0.717, 1.165) is 37.5 Å². The number of likely N-dealkylation sites (tertiary alicyclic amines) is 1. The third-order valence-electron chi connectivity index (χ3n) is 4.76. The first-order chi connectivity index (χ1) is 14.0. The van der Waals surface area contributed by atoms with Gasteiger partial charge in [-0.25, -0.2) is 9.79 Å². The molecule has 2 rings (SSSR count). The number of aliphatic imine (C=N–C) groups is 1. The molecule has 29 heavy (non-hydrogen) atoms.